The maximum atomic E-state index is 12.8. The molecular formula is C20H14ClNO5S. The maximum absolute atomic E-state index is 12.8. The topological polar surface area (TPSA) is 81.7 Å². The van der Waals surface area contributed by atoms with E-state index in [2.05, 4.69) is 5.32 Å². The quantitative estimate of drug-likeness (QED) is 0.292. The van der Waals surface area contributed by atoms with Crippen LogP contribution in [0, 0.1) is 0 Å². The van der Waals surface area contributed by atoms with E-state index in [1.165, 1.54) is 31.4 Å². The lowest BCUT2D eigenvalue weighted by molar-refractivity contribution is -0.222. The highest BCUT2D eigenvalue weighted by atomic mass is 35.5. The summed E-state index contributed by atoms with van der Waals surface area (Å²) in [6.07, 6.45) is 1.22. The number of fused-ring (bicyclic) bond motifs is 2. The first-order chi connectivity index (χ1) is 13.2. The molecule has 1 N–H and O–H groups in total. The Bertz CT molecular complexity index is 1220. The Morgan fingerprint density at radius 3 is 2.25 bits per heavy atom. The van der Waals surface area contributed by atoms with Crippen LogP contribution >= 0.6 is 22.9 Å². The minimum absolute atomic E-state index is 0.138. The van der Waals surface area contributed by atoms with E-state index in [1.54, 1.807) is 30.3 Å². The van der Waals surface area contributed by atoms with Crippen LogP contribution in [0.1, 0.15) is 13.8 Å². The zero-order chi connectivity index (χ0) is 20.1. The van der Waals surface area contributed by atoms with E-state index in [0.29, 0.717) is 21.5 Å². The molecular weight excluding hydrogens is 402 g/mol. The van der Waals surface area contributed by atoms with Crippen LogP contribution in [0.15, 0.2) is 53.0 Å². The van der Waals surface area contributed by atoms with Gasteiger partial charge in [0.1, 0.15) is 0 Å². The van der Waals surface area contributed by atoms with Gasteiger partial charge in [-0.05, 0) is 36.4 Å². The largest absolute Gasteiger partial charge is 0.419 e. The van der Waals surface area contributed by atoms with Gasteiger partial charge < -0.3 is 14.8 Å². The third-order valence-electron chi connectivity index (χ3n) is 4.13. The number of hydrogen-bond acceptors (Lipinski definition) is 7. The molecule has 28 heavy (non-hydrogen) atoms. The van der Waals surface area contributed by atoms with Crippen LogP contribution in [0.3, 0.4) is 0 Å². The van der Waals surface area contributed by atoms with E-state index >= 15 is 0 Å². The molecule has 1 aliphatic heterocycles. The summed E-state index contributed by atoms with van der Waals surface area (Å²) in [6, 6.07) is 10.4. The predicted octanol–water partition coefficient (Wildman–Crippen LogP) is 4.20. The fourth-order valence-electron chi connectivity index (χ4n) is 2.85. The molecule has 8 heteroatoms. The summed E-state index contributed by atoms with van der Waals surface area (Å²) in [5.74, 6) is -2.85. The van der Waals surface area contributed by atoms with E-state index in [4.69, 9.17) is 21.1 Å². The standard InChI is InChI=1S/C20H14ClNO5S/c1-20(2)26-18(24)14(19(25)27-20)9-22-11-4-6-16-13(8-11)17(23)12-7-10(21)3-5-15(12)28-16/h3-9,22H,1-2H3. The first-order valence-corrected chi connectivity index (χ1v) is 9.52. The van der Waals surface area contributed by atoms with Crippen LogP contribution in [0.4, 0.5) is 5.69 Å². The van der Waals surface area contributed by atoms with Gasteiger partial charge in [-0.1, -0.05) is 11.6 Å². The number of anilines is 1. The molecule has 0 saturated carbocycles. The SMILES string of the molecule is CC1(C)OC(=O)C(=CNc2ccc3sc4ccc(Cl)cc4c(=O)c3c2)C(=O)O1. The lowest BCUT2D eigenvalue weighted by Gasteiger charge is -2.29. The molecule has 142 valence electrons. The average Bonchev–Trinajstić information content (AvgIpc) is 2.61. The van der Waals surface area contributed by atoms with Gasteiger partial charge in [0, 0.05) is 50.9 Å². The van der Waals surface area contributed by atoms with Crippen molar-refractivity contribution < 1.29 is 19.1 Å². The van der Waals surface area contributed by atoms with Gasteiger partial charge in [-0.3, -0.25) is 4.79 Å². The Balaban J connectivity index is 1.71. The molecule has 0 bridgehead atoms. The molecule has 2 heterocycles. The average molecular weight is 416 g/mol. The zero-order valence-corrected chi connectivity index (χ0v) is 16.4. The van der Waals surface area contributed by atoms with Gasteiger partial charge in [-0.25, -0.2) is 9.59 Å². The summed E-state index contributed by atoms with van der Waals surface area (Å²) in [5, 5.41) is 4.41. The summed E-state index contributed by atoms with van der Waals surface area (Å²) >= 11 is 7.49. The maximum Gasteiger partial charge on any atom is 0.350 e. The summed E-state index contributed by atoms with van der Waals surface area (Å²) in [7, 11) is 0. The zero-order valence-electron chi connectivity index (χ0n) is 14.9. The third kappa shape index (κ3) is 3.34. The second-order valence-corrected chi connectivity index (χ2v) is 8.18. The van der Waals surface area contributed by atoms with Crippen molar-refractivity contribution in [3.63, 3.8) is 0 Å². The van der Waals surface area contributed by atoms with Crippen molar-refractivity contribution in [3.05, 3.63) is 63.4 Å². The van der Waals surface area contributed by atoms with Crippen LogP contribution < -0.4 is 10.7 Å². The number of ether oxygens (including phenoxy) is 2. The van der Waals surface area contributed by atoms with E-state index in [0.717, 1.165) is 9.40 Å². The molecule has 1 fully saturated rings. The summed E-state index contributed by atoms with van der Waals surface area (Å²) in [5.41, 5.74) is 0.145. The summed E-state index contributed by atoms with van der Waals surface area (Å²) in [4.78, 5) is 36.8. The minimum Gasteiger partial charge on any atom is -0.419 e. The third-order valence-corrected chi connectivity index (χ3v) is 5.52. The second-order valence-electron chi connectivity index (χ2n) is 6.66. The first-order valence-electron chi connectivity index (χ1n) is 8.33. The van der Waals surface area contributed by atoms with E-state index in [-0.39, 0.29) is 11.0 Å². The van der Waals surface area contributed by atoms with Crippen molar-refractivity contribution in [2.75, 3.05) is 5.32 Å². The Hall–Kier alpha value is -2.90. The highest BCUT2D eigenvalue weighted by molar-refractivity contribution is 7.24. The number of nitrogens with one attached hydrogen (secondary N) is 1. The monoisotopic (exact) mass is 415 g/mol. The van der Waals surface area contributed by atoms with Gasteiger partial charge in [-0.15, -0.1) is 11.3 Å². The molecule has 0 radical (unpaired) electrons. The second kappa shape index (κ2) is 6.61. The Labute approximate surface area is 168 Å². The lowest BCUT2D eigenvalue weighted by Crippen LogP contribution is -2.42. The number of hydrogen-bond donors (Lipinski definition) is 1. The van der Waals surface area contributed by atoms with Crippen LogP contribution in [-0.4, -0.2) is 17.7 Å². The Morgan fingerprint density at radius 2 is 1.57 bits per heavy atom. The number of carbonyl (C=O) groups excluding carboxylic acids is 2. The summed E-state index contributed by atoms with van der Waals surface area (Å²) in [6.45, 7) is 2.95. The van der Waals surface area contributed by atoms with Gasteiger partial charge in [0.15, 0.2) is 11.0 Å². The Kier molecular flexibility index (Phi) is 4.36. The number of rotatable bonds is 2. The van der Waals surface area contributed by atoms with E-state index in [1.807, 2.05) is 6.07 Å². The fraction of sp³-hybridized carbons (Fsp3) is 0.150. The normalized spacial score (nSPS) is 16.0. The van der Waals surface area contributed by atoms with Crippen molar-refractivity contribution in [3.8, 4) is 0 Å². The van der Waals surface area contributed by atoms with Crippen molar-refractivity contribution in [2.24, 2.45) is 0 Å². The lowest BCUT2D eigenvalue weighted by atomic mass is 10.1. The number of carbonyl (C=O) groups is 2. The molecule has 2 aromatic carbocycles. The van der Waals surface area contributed by atoms with Crippen LogP contribution in [0.25, 0.3) is 20.2 Å². The van der Waals surface area contributed by atoms with Crippen molar-refractivity contribution >= 4 is 60.7 Å². The van der Waals surface area contributed by atoms with Crippen LogP contribution in [0.5, 0.6) is 0 Å². The van der Waals surface area contributed by atoms with Crippen molar-refractivity contribution in [1.29, 1.82) is 0 Å². The molecule has 1 saturated heterocycles. The van der Waals surface area contributed by atoms with Gasteiger partial charge in [0.05, 0.1) is 0 Å². The van der Waals surface area contributed by atoms with Gasteiger partial charge >= 0.3 is 11.9 Å². The molecule has 3 aromatic rings. The molecule has 6 nitrogen and oxygen atoms in total. The molecule has 0 aliphatic carbocycles. The smallest absolute Gasteiger partial charge is 0.350 e. The molecule has 4 rings (SSSR count). The van der Waals surface area contributed by atoms with Crippen LogP contribution in [0.2, 0.25) is 5.02 Å². The molecule has 1 aromatic heterocycles. The number of cyclic esters (lactones) is 2. The van der Waals surface area contributed by atoms with Crippen LogP contribution in [-0.2, 0) is 19.1 Å². The fourth-order valence-corrected chi connectivity index (χ4v) is 4.06. The number of esters is 2. The molecule has 0 atom stereocenters. The minimum atomic E-state index is -1.30. The predicted molar refractivity (Wildman–Crippen MR) is 109 cm³/mol. The Morgan fingerprint density at radius 1 is 0.964 bits per heavy atom. The number of benzene rings is 2. The highest BCUT2D eigenvalue weighted by Crippen LogP contribution is 2.28. The molecule has 1 aliphatic rings. The van der Waals surface area contributed by atoms with Gasteiger partial charge in [0.2, 0.25) is 0 Å². The van der Waals surface area contributed by atoms with Crippen molar-refractivity contribution in [2.45, 2.75) is 19.6 Å². The first kappa shape index (κ1) is 18.5. The highest BCUT2D eigenvalue weighted by Gasteiger charge is 2.38. The van der Waals surface area contributed by atoms with Crippen molar-refractivity contribution in [1.82, 2.24) is 0 Å². The number of halogens is 1. The van der Waals surface area contributed by atoms with Gasteiger partial charge in [-0.2, -0.15) is 0 Å². The van der Waals surface area contributed by atoms with E-state index < -0.39 is 17.7 Å². The molecule has 0 spiro atoms. The van der Waals surface area contributed by atoms with Gasteiger partial charge in [0.25, 0.3) is 5.79 Å². The molecule has 0 unspecified atom stereocenters. The summed E-state index contributed by atoms with van der Waals surface area (Å²) < 4.78 is 11.7. The van der Waals surface area contributed by atoms with E-state index in [9.17, 15) is 14.4 Å². The molecule has 0 amide bonds.